The highest BCUT2D eigenvalue weighted by molar-refractivity contribution is 6.35. The molecule has 0 aliphatic carbocycles. The monoisotopic (exact) mass is 420 g/mol. The minimum atomic E-state index is -0.721. The molecule has 3 rings (SSSR count). The van der Waals surface area contributed by atoms with Gasteiger partial charge in [0.15, 0.2) is 0 Å². The van der Waals surface area contributed by atoms with Crippen LogP contribution in [0, 0.1) is 12.3 Å². The summed E-state index contributed by atoms with van der Waals surface area (Å²) in [6.07, 6.45) is 5.14. The van der Waals surface area contributed by atoms with E-state index in [0.717, 1.165) is 0 Å². The third-order valence-electron chi connectivity index (χ3n) is 4.61. The normalized spacial score (nSPS) is 18.7. The number of nitrogens with one attached hydrogen (secondary N) is 2. The lowest BCUT2D eigenvalue weighted by molar-refractivity contribution is -0.131. The van der Waals surface area contributed by atoms with Crippen LogP contribution in [0.15, 0.2) is 29.5 Å². The fourth-order valence-electron chi connectivity index (χ4n) is 3.36. The van der Waals surface area contributed by atoms with Crippen LogP contribution in [0.25, 0.3) is 0 Å². The van der Waals surface area contributed by atoms with Gasteiger partial charge < -0.3 is 15.5 Å². The Balaban J connectivity index is 1.95. The Hall–Kier alpha value is -2.69. The lowest BCUT2D eigenvalue weighted by Crippen LogP contribution is -2.47. The predicted octanol–water partition coefficient (Wildman–Crippen LogP) is 1.93. The molecule has 0 saturated heterocycles. The molecule has 0 spiro atoms. The van der Waals surface area contributed by atoms with Crippen LogP contribution < -0.4 is 10.6 Å². The summed E-state index contributed by atoms with van der Waals surface area (Å²) in [5.74, 6) is 1.61. The van der Waals surface area contributed by atoms with E-state index in [9.17, 15) is 14.4 Å². The zero-order valence-corrected chi connectivity index (χ0v) is 16.6. The van der Waals surface area contributed by atoms with E-state index in [1.54, 1.807) is 18.2 Å². The number of urea groups is 1. The Morgan fingerprint density at radius 2 is 2.14 bits per heavy atom. The summed E-state index contributed by atoms with van der Waals surface area (Å²) < 4.78 is 0. The molecule has 7 nitrogen and oxygen atoms in total. The van der Waals surface area contributed by atoms with Crippen molar-refractivity contribution in [3.05, 3.63) is 45.1 Å². The molecule has 1 aromatic rings. The van der Waals surface area contributed by atoms with Crippen molar-refractivity contribution in [3.8, 4) is 12.3 Å². The van der Waals surface area contributed by atoms with Crippen LogP contribution in [0.4, 0.5) is 4.79 Å². The number of amides is 4. The summed E-state index contributed by atoms with van der Waals surface area (Å²) in [4.78, 5) is 40.6. The van der Waals surface area contributed by atoms with Crippen molar-refractivity contribution in [2.24, 2.45) is 0 Å². The van der Waals surface area contributed by atoms with Crippen LogP contribution in [0.2, 0.25) is 10.0 Å². The molecule has 0 saturated carbocycles. The molecule has 1 aromatic carbocycles. The van der Waals surface area contributed by atoms with Gasteiger partial charge >= 0.3 is 6.03 Å². The van der Waals surface area contributed by atoms with Crippen molar-refractivity contribution in [1.82, 2.24) is 20.4 Å². The zero-order chi connectivity index (χ0) is 20.4. The van der Waals surface area contributed by atoms with E-state index in [4.69, 9.17) is 29.6 Å². The smallest absolute Gasteiger partial charge is 0.322 e. The van der Waals surface area contributed by atoms with Crippen molar-refractivity contribution < 1.29 is 14.4 Å². The predicted molar refractivity (Wildman–Crippen MR) is 106 cm³/mol. The van der Waals surface area contributed by atoms with Crippen molar-refractivity contribution >= 4 is 41.0 Å². The van der Waals surface area contributed by atoms with Gasteiger partial charge in [-0.1, -0.05) is 35.2 Å². The maximum atomic E-state index is 13.1. The van der Waals surface area contributed by atoms with E-state index in [1.165, 1.54) is 9.80 Å². The van der Waals surface area contributed by atoms with Crippen LogP contribution >= 0.6 is 23.2 Å². The fourth-order valence-corrected chi connectivity index (χ4v) is 3.88. The number of hydrogen-bond acceptors (Lipinski definition) is 3. The van der Waals surface area contributed by atoms with E-state index in [1.807, 2.05) is 6.92 Å². The molecule has 2 aliphatic heterocycles. The van der Waals surface area contributed by atoms with Crippen molar-refractivity contribution in [3.63, 3.8) is 0 Å². The highest BCUT2D eigenvalue weighted by Crippen LogP contribution is 2.39. The Bertz CT molecular complexity index is 922. The average Bonchev–Trinajstić information content (AvgIpc) is 2.96. The summed E-state index contributed by atoms with van der Waals surface area (Å²) in [6, 6.07) is 3.83. The van der Waals surface area contributed by atoms with E-state index >= 15 is 0 Å². The van der Waals surface area contributed by atoms with Crippen LogP contribution in [0.5, 0.6) is 0 Å². The van der Waals surface area contributed by atoms with Gasteiger partial charge in [-0.05, 0) is 24.6 Å². The Labute approximate surface area is 172 Å². The molecular weight excluding hydrogens is 403 g/mol. The van der Waals surface area contributed by atoms with E-state index in [-0.39, 0.29) is 37.5 Å². The summed E-state index contributed by atoms with van der Waals surface area (Å²) in [7, 11) is 0. The minimum absolute atomic E-state index is 0.0815. The van der Waals surface area contributed by atoms with Crippen LogP contribution in [0.3, 0.4) is 0 Å². The lowest BCUT2D eigenvalue weighted by atomic mass is 9.95. The molecule has 1 unspecified atom stereocenters. The number of carbonyl (C=O) groups excluding carboxylic acids is 3. The van der Waals surface area contributed by atoms with Crippen LogP contribution in [0.1, 0.15) is 18.5 Å². The first-order valence-electron chi connectivity index (χ1n) is 8.62. The molecule has 2 heterocycles. The molecule has 28 heavy (non-hydrogen) atoms. The third-order valence-corrected chi connectivity index (χ3v) is 5.17. The molecule has 2 N–H and O–H groups in total. The molecule has 0 aromatic heterocycles. The van der Waals surface area contributed by atoms with Crippen molar-refractivity contribution in [2.45, 2.75) is 13.0 Å². The quantitative estimate of drug-likeness (QED) is 0.713. The van der Waals surface area contributed by atoms with Gasteiger partial charge in [-0.2, -0.15) is 0 Å². The summed E-state index contributed by atoms with van der Waals surface area (Å²) in [5.41, 5.74) is 1.53. The molecule has 4 amide bonds. The maximum Gasteiger partial charge on any atom is 0.322 e. The van der Waals surface area contributed by atoms with Gasteiger partial charge in [0.1, 0.15) is 6.54 Å². The SMILES string of the molecule is C#CCNC(=O)CN1CC2=C(C1=O)C(c1ccc(Cl)cc1Cl)NC(=O)N2CC. The highest BCUT2D eigenvalue weighted by atomic mass is 35.5. The first-order chi connectivity index (χ1) is 13.4. The van der Waals surface area contributed by atoms with E-state index in [0.29, 0.717) is 33.4 Å². The van der Waals surface area contributed by atoms with E-state index in [2.05, 4.69) is 16.6 Å². The average molecular weight is 421 g/mol. The van der Waals surface area contributed by atoms with E-state index < -0.39 is 6.04 Å². The molecule has 0 radical (unpaired) electrons. The Morgan fingerprint density at radius 1 is 1.39 bits per heavy atom. The second kappa shape index (κ2) is 8.13. The van der Waals surface area contributed by atoms with Crippen molar-refractivity contribution in [2.75, 3.05) is 26.2 Å². The number of likely N-dealkylation sites (N-methyl/N-ethyl adjacent to an activating group) is 1. The maximum absolute atomic E-state index is 13.1. The number of hydrogen-bond donors (Lipinski definition) is 2. The van der Waals surface area contributed by atoms with Gasteiger partial charge in [-0.25, -0.2) is 4.79 Å². The molecule has 9 heteroatoms. The first kappa shape index (κ1) is 20.1. The van der Waals surface area contributed by atoms with Crippen LogP contribution in [-0.2, 0) is 9.59 Å². The van der Waals surface area contributed by atoms with Gasteiger partial charge in [-0.3, -0.25) is 14.5 Å². The fraction of sp³-hybridized carbons (Fsp3) is 0.316. The number of rotatable bonds is 5. The van der Waals surface area contributed by atoms with Gasteiger partial charge in [0.05, 0.1) is 30.4 Å². The second-order valence-electron chi connectivity index (χ2n) is 6.30. The van der Waals surface area contributed by atoms with Gasteiger partial charge in [-0.15, -0.1) is 6.42 Å². The highest BCUT2D eigenvalue weighted by Gasteiger charge is 2.44. The molecular formula is C19H18Cl2N4O3. The first-order valence-corrected chi connectivity index (χ1v) is 9.38. The van der Waals surface area contributed by atoms with Gasteiger partial charge in [0.2, 0.25) is 5.91 Å². The van der Waals surface area contributed by atoms with Crippen LogP contribution in [-0.4, -0.2) is 53.8 Å². The minimum Gasteiger partial charge on any atom is -0.344 e. The molecule has 2 aliphatic rings. The number of benzene rings is 1. The molecule has 0 fully saturated rings. The summed E-state index contributed by atoms with van der Waals surface area (Å²) in [6.45, 7) is 2.28. The van der Waals surface area contributed by atoms with Crippen molar-refractivity contribution in [1.29, 1.82) is 0 Å². The Morgan fingerprint density at radius 3 is 2.79 bits per heavy atom. The third kappa shape index (κ3) is 3.66. The standard InChI is InChI=1S/C19H18Cl2N4O3/c1-3-7-22-15(26)10-24-9-14-16(18(24)27)17(23-19(28)25(14)4-2)12-6-5-11(20)8-13(12)21/h1,5-6,8,17H,4,7,9-10H2,2H3,(H,22,26)(H,23,28). The van der Waals surface area contributed by atoms with Gasteiger partial charge in [0, 0.05) is 16.6 Å². The van der Waals surface area contributed by atoms with Gasteiger partial charge in [0.25, 0.3) is 5.91 Å². The Kier molecular flexibility index (Phi) is 5.82. The number of terminal acetylenes is 1. The zero-order valence-electron chi connectivity index (χ0n) is 15.1. The number of halogens is 2. The number of carbonyl (C=O) groups is 3. The summed E-state index contributed by atoms with van der Waals surface area (Å²) >= 11 is 12.3. The molecule has 1 atom stereocenters. The lowest BCUT2D eigenvalue weighted by Gasteiger charge is -2.33. The molecule has 0 bridgehead atoms. The topological polar surface area (TPSA) is 81.8 Å². The number of nitrogens with zero attached hydrogens (tertiary/aromatic N) is 2. The summed E-state index contributed by atoms with van der Waals surface area (Å²) in [5, 5.41) is 6.15. The largest absolute Gasteiger partial charge is 0.344 e. The second-order valence-corrected chi connectivity index (χ2v) is 7.14. The molecule has 146 valence electrons.